The maximum Gasteiger partial charge on any atom is 0.0633 e. The maximum absolute atomic E-state index is 9.22. The first-order valence-electron chi connectivity index (χ1n) is 8.86. The van der Waals surface area contributed by atoms with E-state index < -0.39 is 13.6 Å². The number of benzene rings is 1. The van der Waals surface area contributed by atoms with E-state index in [0.29, 0.717) is 6.42 Å². The Morgan fingerprint density at radius 2 is 1.38 bits per heavy atom. The Balaban J connectivity index is 0.00000529. The van der Waals surface area contributed by atoms with Gasteiger partial charge in [0.15, 0.2) is 0 Å². The molecule has 0 saturated heterocycles. The summed E-state index contributed by atoms with van der Waals surface area (Å²) in [6.07, 6.45) is 6.50. The molecule has 0 aromatic heterocycles. The van der Waals surface area contributed by atoms with Crippen LogP contribution in [0.5, 0.6) is 0 Å². The van der Waals surface area contributed by atoms with E-state index in [1.807, 2.05) is 0 Å². The van der Waals surface area contributed by atoms with Crippen molar-refractivity contribution in [1.29, 1.82) is 0 Å². The lowest BCUT2D eigenvalue weighted by Gasteiger charge is -2.24. The lowest BCUT2D eigenvalue weighted by Crippen LogP contribution is -2.47. The van der Waals surface area contributed by atoms with Crippen LogP contribution in [0.15, 0.2) is 24.3 Å². The van der Waals surface area contributed by atoms with Crippen LogP contribution in [0.1, 0.15) is 36.8 Å². The highest BCUT2D eigenvalue weighted by atomic mass is 35.5. The molecule has 0 amide bonds. The zero-order valence-corrected chi connectivity index (χ0v) is 17.4. The number of aryl methyl sites for hydroxylation is 2. The Kier molecular flexibility index (Phi) is 11.1. The Hall–Kier alpha value is -0.393. The molecule has 0 atom stereocenters. The summed E-state index contributed by atoms with van der Waals surface area (Å²) in [5.74, 6) is 0. The van der Waals surface area contributed by atoms with Crippen LogP contribution in [0.3, 0.4) is 0 Å². The van der Waals surface area contributed by atoms with Crippen LogP contribution in [-0.2, 0) is 12.8 Å². The fourth-order valence-corrected chi connectivity index (χ4v) is 3.95. The number of aliphatic hydroxyl groups excluding tert-OH is 2. The fraction of sp³-hybridized carbons (Fsp3) is 0.684. The minimum Gasteiger partial charge on any atom is -0.394 e. The van der Waals surface area contributed by atoms with Crippen LogP contribution < -0.4 is 5.73 Å². The number of unbranched alkanes of at least 4 members (excludes halogenated alkanes) is 2. The minimum absolute atomic E-state index is 0. The summed E-state index contributed by atoms with van der Waals surface area (Å²) < 4.78 is 0. The zero-order valence-electron chi connectivity index (χ0n) is 15.6. The topological polar surface area (TPSA) is 66.5 Å². The van der Waals surface area contributed by atoms with Crippen LogP contribution in [-0.4, -0.2) is 37.0 Å². The molecule has 1 aromatic rings. The van der Waals surface area contributed by atoms with Gasteiger partial charge in [-0.05, 0) is 36.8 Å². The number of halogens is 1. The van der Waals surface area contributed by atoms with Gasteiger partial charge >= 0.3 is 0 Å². The SMILES string of the molecule is C[Si](C)(C)CCCCCc1ccc(CCC(N)(CO)CO)cc1.Cl. The van der Waals surface area contributed by atoms with Crippen molar-refractivity contribution in [2.75, 3.05) is 13.2 Å². The van der Waals surface area contributed by atoms with E-state index in [1.165, 1.54) is 36.4 Å². The lowest BCUT2D eigenvalue weighted by molar-refractivity contribution is 0.115. The standard InChI is InChI=1S/C19H35NO2Si.ClH/c1-23(2,3)14-6-4-5-7-17-8-10-18(11-9-17)12-13-19(20,15-21)16-22;/h8-11,21-22H,4-7,12-16,20H2,1-3H3;1H. The van der Waals surface area contributed by atoms with Gasteiger partial charge in [-0.15, -0.1) is 12.4 Å². The first-order chi connectivity index (χ1) is 10.8. The molecular weight excluding hydrogens is 338 g/mol. The lowest BCUT2D eigenvalue weighted by atomic mass is 9.93. The average molecular weight is 374 g/mol. The second-order valence-electron chi connectivity index (χ2n) is 8.12. The maximum atomic E-state index is 9.22. The van der Waals surface area contributed by atoms with Crippen molar-refractivity contribution in [3.05, 3.63) is 35.4 Å². The first-order valence-corrected chi connectivity index (χ1v) is 12.6. The van der Waals surface area contributed by atoms with Gasteiger partial charge in [-0.25, -0.2) is 0 Å². The predicted octanol–water partition coefficient (Wildman–Crippen LogP) is 3.77. The third kappa shape index (κ3) is 9.79. The number of aliphatic hydroxyl groups is 2. The zero-order chi connectivity index (χ0) is 17.3. The normalized spacial score (nSPS) is 12.1. The molecule has 24 heavy (non-hydrogen) atoms. The third-order valence-electron chi connectivity index (χ3n) is 4.46. The van der Waals surface area contributed by atoms with E-state index in [2.05, 4.69) is 43.9 Å². The highest BCUT2D eigenvalue weighted by Gasteiger charge is 2.22. The largest absolute Gasteiger partial charge is 0.394 e. The fourth-order valence-electron chi connectivity index (χ4n) is 2.64. The Morgan fingerprint density at radius 1 is 0.875 bits per heavy atom. The number of nitrogens with two attached hydrogens (primary N) is 1. The van der Waals surface area contributed by atoms with Gasteiger partial charge in [-0.2, -0.15) is 0 Å². The average Bonchev–Trinajstić information content (AvgIpc) is 2.52. The van der Waals surface area contributed by atoms with Gasteiger partial charge in [0, 0.05) is 8.07 Å². The summed E-state index contributed by atoms with van der Waals surface area (Å²) in [6.45, 7) is 6.96. The highest BCUT2D eigenvalue weighted by Crippen LogP contribution is 2.16. The summed E-state index contributed by atoms with van der Waals surface area (Å²) in [6, 6.07) is 10.1. The molecule has 0 saturated carbocycles. The third-order valence-corrected chi connectivity index (χ3v) is 6.31. The molecule has 0 bridgehead atoms. The predicted molar refractivity (Wildman–Crippen MR) is 109 cm³/mol. The van der Waals surface area contributed by atoms with Crippen LogP contribution in [0.2, 0.25) is 25.7 Å². The van der Waals surface area contributed by atoms with E-state index in [-0.39, 0.29) is 25.6 Å². The molecule has 5 heteroatoms. The Labute approximate surface area is 155 Å². The first kappa shape index (κ1) is 23.6. The van der Waals surface area contributed by atoms with Crippen molar-refractivity contribution in [3.8, 4) is 0 Å². The minimum atomic E-state index is -0.871. The molecule has 0 spiro atoms. The summed E-state index contributed by atoms with van der Waals surface area (Å²) >= 11 is 0. The van der Waals surface area contributed by atoms with Crippen LogP contribution >= 0.6 is 12.4 Å². The summed E-state index contributed by atoms with van der Waals surface area (Å²) in [5, 5.41) is 18.4. The molecule has 1 rings (SSSR count). The van der Waals surface area contributed by atoms with Gasteiger partial charge in [0.2, 0.25) is 0 Å². The Morgan fingerprint density at radius 3 is 1.83 bits per heavy atom. The van der Waals surface area contributed by atoms with Crippen LogP contribution in [0, 0.1) is 0 Å². The molecule has 0 radical (unpaired) electrons. The van der Waals surface area contributed by atoms with Gasteiger partial charge in [0.25, 0.3) is 0 Å². The molecule has 1 aromatic carbocycles. The van der Waals surface area contributed by atoms with E-state index >= 15 is 0 Å². The molecule has 0 aliphatic rings. The Bertz CT molecular complexity index is 442. The molecule has 0 fully saturated rings. The number of hydrogen-bond acceptors (Lipinski definition) is 3. The molecule has 0 unspecified atom stereocenters. The van der Waals surface area contributed by atoms with Crippen molar-refractivity contribution in [1.82, 2.24) is 0 Å². The molecule has 140 valence electrons. The summed E-state index contributed by atoms with van der Waals surface area (Å²) in [5.41, 5.74) is 7.64. The van der Waals surface area contributed by atoms with Crippen molar-refractivity contribution < 1.29 is 10.2 Å². The second-order valence-corrected chi connectivity index (χ2v) is 13.7. The van der Waals surface area contributed by atoms with Crippen molar-refractivity contribution in [3.63, 3.8) is 0 Å². The van der Waals surface area contributed by atoms with Crippen molar-refractivity contribution in [2.24, 2.45) is 5.73 Å². The molecule has 0 heterocycles. The van der Waals surface area contributed by atoms with Gasteiger partial charge in [-0.3, -0.25) is 0 Å². The smallest absolute Gasteiger partial charge is 0.0633 e. The van der Waals surface area contributed by atoms with Crippen molar-refractivity contribution >= 4 is 20.5 Å². The van der Waals surface area contributed by atoms with Gasteiger partial charge in [0.05, 0.1) is 18.8 Å². The molecule has 3 nitrogen and oxygen atoms in total. The van der Waals surface area contributed by atoms with Crippen LogP contribution in [0.25, 0.3) is 0 Å². The van der Waals surface area contributed by atoms with E-state index in [1.54, 1.807) is 0 Å². The van der Waals surface area contributed by atoms with Gasteiger partial charge < -0.3 is 15.9 Å². The van der Waals surface area contributed by atoms with E-state index in [9.17, 15) is 10.2 Å². The summed E-state index contributed by atoms with van der Waals surface area (Å²) in [7, 11) is -0.871. The monoisotopic (exact) mass is 373 g/mol. The molecule has 4 N–H and O–H groups in total. The molecular formula is C19H36ClNO2Si. The number of hydrogen-bond donors (Lipinski definition) is 3. The molecule has 0 aliphatic carbocycles. The quantitative estimate of drug-likeness (QED) is 0.408. The van der Waals surface area contributed by atoms with E-state index in [4.69, 9.17) is 5.73 Å². The second kappa shape index (κ2) is 11.3. The number of rotatable bonds is 11. The van der Waals surface area contributed by atoms with Crippen molar-refractivity contribution in [2.45, 2.75) is 69.7 Å². The molecule has 0 aliphatic heterocycles. The summed E-state index contributed by atoms with van der Waals surface area (Å²) in [4.78, 5) is 0. The van der Waals surface area contributed by atoms with Gasteiger partial charge in [-0.1, -0.05) is 62.8 Å². The van der Waals surface area contributed by atoms with Gasteiger partial charge in [0.1, 0.15) is 0 Å². The van der Waals surface area contributed by atoms with Crippen LogP contribution in [0.4, 0.5) is 0 Å². The highest BCUT2D eigenvalue weighted by molar-refractivity contribution is 6.76. The van der Waals surface area contributed by atoms with E-state index in [0.717, 1.165) is 12.8 Å².